The second kappa shape index (κ2) is 8.45. The number of alkyl halides is 3. The molecule has 0 saturated carbocycles. The molecule has 2 fully saturated rings. The average molecular weight is 499 g/mol. The molecule has 4 aromatic rings. The van der Waals surface area contributed by atoms with E-state index in [4.69, 9.17) is 4.98 Å². The Balaban J connectivity index is 1.15. The number of aromatic nitrogens is 6. The highest BCUT2D eigenvalue weighted by Crippen LogP contribution is 2.35. The SMILES string of the molecule is Cc1ccc2nc(C3CCCN3C(=O)C3CCN(c4ccc5nnc(C(F)(F)F)n5n4)CC3)[nH]c2c1. The quantitative estimate of drug-likeness (QED) is 0.460. The molecule has 188 valence electrons. The fourth-order valence-corrected chi connectivity index (χ4v) is 5.33. The van der Waals surface area contributed by atoms with Gasteiger partial charge in [0, 0.05) is 25.6 Å². The Morgan fingerprint density at radius 2 is 1.86 bits per heavy atom. The fraction of sp³-hybridized carbons (Fsp3) is 0.458. The van der Waals surface area contributed by atoms with E-state index in [1.807, 2.05) is 28.9 Å². The Hall–Kier alpha value is -3.70. The molecule has 6 rings (SSSR count). The van der Waals surface area contributed by atoms with Gasteiger partial charge in [-0.15, -0.1) is 15.3 Å². The molecule has 9 nitrogen and oxygen atoms in total. The van der Waals surface area contributed by atoms with Gasteiger partial charge in [-0.3, -0.25) is 4.79 Å². The molecular weight excluding hydrogens is 473 g/mol. The van der Waals surface area contributed by atoms with Crippen molar-refractivity contribution in [2.75, 3.05) is 24.5 Å². The maximum atomic E-state index is 13.5. The van der Waals surface area contributed by atoms with E-state index < -0.39 is 12.0 Å². The zero-order valence-electron chi connectivity index (χ0n) is 19.7. The maximum absolute atomic E-state index is 13.5. The first kappa shape index (κ1) is 22.7. The number of aromatic amines is 1. The Labute approximate surface area is 204 Å². The highest BCUT2D eigenvalue weighted by Gasteiger charge is 2.39. The van der Waals surface area contributed by atoms with Crippen molar-refractivity contribution < 1.29 is 18.0 Å². The monoisotopic (exact) mass is 498 g/mol. The zero-order chi connectivity index (χ0) is 25.0. The van der Waals surface area contributed by atoms with Crippen molar-refractivity contribution in [2.24, 2.45) is 5.92 Å². The maximum Gasteiger partial charge on any atom is 0.453 e. The van der Waals surface area contributed by atoms with E-state index in [0.29, 0.717) is 38.3 Å². The number of likely N-dealkylation sites (tertiary alicyclic amines) is 1. The van der Waals surface area contributed by atoms with Gasteiger partial charge in [-0.1, -0.05) is 6.07 Å². The van der Waals surface area contributed by atoms with Gasteiger partial charge in [0.05, 0.1) is 17.1 Å². The molecule has 2 aliphatic heterocycles. The summed E-state index contributed by atoms with van der Waals surface area (Å²) in [6, 6.07) is 9.13. The normalized spacial score (nSPS) is 19.6. The molecule has 1 atom stereocenters. The number of H-pyrrole nitrogens is 1. The van der Waals surface area contributed by atoms with Crippen LogP contribution < -0.4 is 4.90 Å². The predicted molar refractivity (Wildman–Crippen MR) is 125 cm³/mol. The molecular formula is C24H25F3N8O. The van der Waals surface area contributed by atoms with Crippen molar-refractivity contribution in [3.8, 4) is 0 Å². The van der Waals surface area contributed by atoms with Crippen LogP contribution in [0.3, 0.4) is 0 Å². The number of hydrogen-bond donors (Lipinski definition) is 1. The molecule has 0 aliphatic carbocycles. The smallest absolute Gasteiger partial charge is 0.355 e. The number of carbonyl (C=O) groups excluding carboxylic acids is 1. The standard InChI is InChI=1S/C24H25F3N8O/c1-14-4-5-16-17(13-14)29-21(28-16)18-3-2-10-34(18)22(36)15-8-11-33(12-9-15)20-7-6-19-30-31-23(24(25,26)27)35(19)32-20/h4-7,13,15,18H,2-3,8-12H2,1H3,(H,28,29). The van der Waals surface area contributed by atoms with Crippen molar-refractivity contribution in [3.63, 3.8) is 0 Å². The molecule has 0 spiro atoms. The van der Waals surface area contributed by atoms with Gasteiger partial charge >= 0.3 is 6.18 Å². The van der Waals surface area contributed by atoms with Crippen LogP contribution in [-0.2, 0) is 11.0 Å². The van der Waals surface area contributed by atoms with E-state index in [1.54, 1.807) is 6.07 Å². The van der Waals surface area contributed by atoms with Crippen LogP contribution in [0.2, 0.25) is 0 Å². The van der Waals surface area contributed by atoms with Gasteiger partial charge in [-0.25, -0.2) is 4.98 Å². The highest BCUT2D eigenvalue weighted by atomic mass is 19.4. The summed E-state index contributed by atoms with van der Waals surface area (Å²) in [7, 11) is 0. The van der Waals surface area contributed by atoms with Gasteiger partial charge in [-0.05, 0) is 62.4 Å². The van der Waals surface area contributed by atoms with Crippen LogP contribution in [0.1, 0.15) is 48.9 Å². The Kier molecular flexibility index (Phi) is 5.34. The summed E-state index contributed by atoms with van der Waals surface area (Å²) in [4.78, 5) is 25.5. The number of fused-ring (bicyclic) bond motifs is 2. The summed E-state index contributed by atoms with van der Waals surface area (Å²) in [6.07, 6.45) is -1.64. The number of imidazole rings is 1. The molecule has 1 aromatic carbocycles. The molecule has 36 heavy (non-hydrogen) atoms. The van der Waals surface area contributed by atoms with E-state index in [-0.39, 0.29) is 23.5 Å². The van der Waals surface area contributed by atoms with Crippen LogP contribution in [0.15, 0.2) is 30.3 Å². The lowest BCUT2D eigenvalue weighted by Crippen LogP contribution is -2.43. The molecule has 1 amide bonds. The summed E-state index contributed by atoms with van der Waals surface area (Å²) in [6.45, 7) is 3.79. The lowest BCUT2D eigenvalue weighted by Gasteiger charge is -2.35. The molecule has 1 unspecified atom stereocenters. The number of carbonyl (C=O) groups is 1. The second-order valence-corrected chi connectivity index (χ2v) is 9.58. The third kappa shape index (κ3) is 3.94. The lowest BCUT2D eigenvalue weighted by molar-refractivity contribution is -0.146. The number of halogens is 3. The number of hydrogen-bond acceptors (Lipinski definition) is 6. The number of benzene rings is 1. The second-order valence-electron chi connectivity index (χ2n) is 9.58. The molecule has 2 aliphatic rings. The van der Waals surface area contributed by atoms with Gasteiger partial charge in [-0.2, -0.15) is 17.7 Å². The fourth-order valence-electron chi connectivity index (χ4n) is 5.33. The molecule has 12 heteroatoms. The average Bonchev–Trinajstić information content (AvgIpc) is 3.60. The van der Waals surface area contributed by atoms with Crippen LogP contribution in [-0.4, -0.2) is 60.2 Å². The van der Waals surface area contributed by atoms with Crippen molar-refractivity contribution in [1.82, 2.24) is 34.7 Å². The Bertz CT molecular complexity index is 1440. The van der Waals surface area contributed by atoms with Crippen LogP contribution in [0.5, 0.6) is 0 Å². The van der Waals surface area contributed by atoms with Crippen molar-refractivity contribution in [2.45, 2.75) is 44.8 Å². The molecule has 0 bridgehead atoms. The van der Waals surface area contributed by atoms with Crippen LogP contribution in [0.25, 0.3) is 16.7 Å². The number of anilines is 1. The van der Waals surface area contributed by atoms with Crippen molar-refractivity contribution >= 4 is 28.4 Å². The summed E-state index contributed by atoms with van der Waals surface area (Å²) in [5.41, 5.74) is 3.06. The van der Waals surface area contributed by atoms with E-state index in [9.17, 15) is 18.0 Å². The number of nitrogens with one attached hydrogen (secondary N) is 1. The topological polar surface area (TPSA) is 95.3 Å². The number of nitrogens with zero attached hydrogens (tertiary/aromatic N) is 7. The van der Waals surface area contributed by atoms with Gasteiger partial charge in [0.25, 0.3) is 5.82 Å². The zero-order valence-corrected chi connectivity index (χ0v) is 19.7. The third-order valence-corrected chi connectivity index (χ3v) is 7.18. The minimum absolute atomic E-state index is 0.0389. The Morgan fingerprint density at radius 3 is 2.64 bits per heavy atom. The number of aryl methyl sites for hydroxylation is 1. The number of rotatable bonds is 3. The summed E-state index contributed by atoms with van der Waals surface area (Å²) in [5.74, 6) is 0.0690. The first-order chi connectivity index (χ1) is 17.3. The molecule has 2 saturated heterocycles. The van der Waals surface area contributed by atoms with Crippen molar-refractivity contribution in [3.05, 3.63) is 47.5 Å². The molecule has 0 radical (unpaired) electrons. The number of amides is 1. The van der Waals surface area contributed by atoms with Crippen LogP contribution in [0, 0.1) is 12.8 Å². The lowest BCUT2D eigenvalue weighted by atomic mass is 9.95. The highest BCUT2D eigenvalue weighted by molar-refractivity contribution is 5.80. The van der Waals surface area contributed by atoms with Gasteiger partial charge in [0.2, 0.25) is 5.91 Å². The summed E-state index contributed by atoms with van der Waals surface area (Å²) < 4.78 is 40.4. The van der Waals surface area contributed by atoms with Gasteiger partial charge in [0.15, 0.2) is 5.65 Å². The first-order valence-corrected chi connectivity index (χ1v) is 12.1. The van der Waals surface area contributed by atoms with E-state index in [0.717, 1.165) is 39.8 Å². The van der Waals surface area contributed by atoms with E-state index >= 15 is 0 Å². The van der Waals surface area contributed by atoms with Gasteiger partial charge in [0.1, 0.15) is 11.6 Å². The van der Waals surface area contributed by atoms with E-state index in [2.05, 4.69) is 26.3 Å². The van der Waals surface area contributed by atoms with Crippen LogP contribution >= 0.6 is 0 Å². The Morgan fingerprint density at radius 1 is 1.06 bits per heavy atom. The summed E-state index contributed by atoms with van der Waals surface area (Å²) in [5, 5.41) is 10.9. The van der Waals surface area contributed by atoms with Crippen molar-refractivity contribution in [1.29, 1.82) is 0 Å². The largest absolute Gasteiger partial charge is 0.453 e. The van der Waals surface area contributed by atoms with E-state index in [1.165, 1.54) is 6.07 Å². The van der Waals surface area contributed by atoms with Crippen LogP contribution in [0.4, 0.5) is 19.0 Å². The molecule has 1 N–H and O–H groups in total. The third-order valence-electron chi connectivity index (χ3n) is 7.18. The minimum atomic E-state index is -4.64. The van der Waals surface area contributed by atoms with Gasteiger partial charge < -0.3 is 14.8 Å². The summed E-state index contributed by atoms with van der Waals surface area (Å²) >= 11 is 0. The number of piperidine rings is 1. The molecule has 5 heterocycles. The first-order valence-electron chi connectivity index (χ1n) is 12.1. The molecule has 3 aromatic heterocycles. The predicted octanol–water partition coefficient (Wildman–Crippen LogP) is 3.91. The minimum Gasteiger partial charge on any atom is -0.355 e.